The predicted octanol–water partition coefficient (Wildman–Crippen LogP) is 5.91. The summed E-state index contributed by atoms with van der Waals surface area (Å²) in [5, 5.41) is 23.4. The summed E-state index contributed by atoms with van der Waals surface area (Å²) in [4.78, 5) is 42.4. The van der Waals surface area contributed by atoms with Crippen LogP contribution in [0, 0.1) is 0 Å². The average Bonchev–Trinajstić information content (AvgIpc) is 3.34. The zero-order valence-corrected chi connectivity index (χ0v) is 24.6. The number of halogens is 3. The molecule has 1 heterocycles. The zero-order valence-electron chi connectivity index (χ0n) is 23.8. The summed E-state index contributed by atoms with van der Waals surface area (Å²) in [7, 11) is 0. The number of thiazole rings is 1. The highest BCUT2D eigenvalue weighted by Gasteiger charge is 2.31. The van der Waals surface area contributed by atoms with Gasteiger partial charge >= 0.3 is 18.4 Å². The number of nitrogens with zero attached hydrogens (tertiary/aromatic N) is 2. The number of nitrogens with one attached hydrogen (secondary N) is 2. The van der Waals surface area contributed by atoms with Gasteiger partial charge in [0.25, 0.3) is 5.91 Å². The van der Waals surface area contributed by atoms with E-state index in [1.807, 2.05) is 12.1 Å². The molecule has 4 rings (SSSR count). The van der Waals surface area contributed by atoms with Gasteiger partial charge in [-0.15, -0.1) is 13.2 Å². The molecule has 1 aromatic heterocycles. The third-order valence-electron chi connectivity index (χ3n) is 6.39. The molecule has 0 fully saturated rings. The molecule has 0 aliphatic carbocycles. The minimum absolute atomic E-state index is 0.0782. The molecule has 0 radical (unpaired) electrons. The molecule has 0 spiro atoms. The zero-order chi connectivity index (χ0) is 32.2. The van der Waals surface area contributed by atoms with Crippen LogP contribution < -0.4 is 20.3 Å². The van der Waals surface area contributed by atoms with Gasteiger partial charge in [0.05, 0.1) is 23.3 Å². The van der Waals surface area contributed by atoms with E-state index < -0.39 is 42.7 Å². The Labute approximate surface area is 254 Å². The number of carbonyl (C=O) groups excluding carboxylic acids is 2. The van der Waals surface area contributed by atoms with E-state index in [1.54, 1.807) is 24.3 Å². The lowest BCUT2D eigenvalue weighted by atomic mass is 9.87. The molecule has 232 valence electrons. The molecule has 0 bridgehead atoms. The van der Waals surface area contributed by atoms with E-state index in [9.17, 15) is 32.7 Å². The number of aliphatic hydroxyl groups is 1. The predicted molar refractivity (Wildman–Crippen MR) is 159 cm³/mol. The molecule has 0 saturated carbocycles. The van der Waals surface area contributed by atoms with Crippen molar-refractivity contribution in [3.05, 3.63) is 83.4 Å². The number of benzene rings is 3. The lowest BCUT2D eigenvalue weighted by molar-refractivity contribution is -0.274. The normalized spacial score (nSPS) is 12.4. The first-order valence-electron chi connectivity index (χ1n) is 13.2. The van der Waals surface area contributed by atoms with Gasteiger partial charge in [-0.2, -0.15) is 0 Å². The maximum Gasteiger partial charge on any atom is 0.573 e. The van der Waals surface area contributed by atoms with Crippen LogP contribution >= 0.6 is 11.3 Å². The number of carboxylic acid groups (broad SMARTS) is 1. The SMILES string of the molecule is CC(C)(C)c1ccc(N(Cc2ccc(C(=O)NC[C@@H](O)C(=O)O)cc2)C(=O)Nc2nc3cc(OC(F)(F)F)ccc3s2)cc1. The molecule has 10 nitrogen and oxygen atoms in total. The number of ether oxygens (including phenoxy) is 1. The van der Waals surface area contributed by atoms with Gasteiger partial charge in [0.2, 0.25) is 0 Å². The molecule has 4 aromatic rings. The number of amides is 3. The minimum atomic E-state index is -4.85. The lowest BCUT2D eigenvalue weighted by Crippen LogP contribution is -2.36. The van der Waals surface area contributed by atoms with Crippen LogP contribution in [0.4, 0.5) is 28.8 Å². The Balaban J connectivity index is 1.55. The largest absolute Gasteiger partial charge is 0.573 e. The topological polar surface area (TPSA) is 141 Å². The Morgan fingerprint density at radius 2 is 1.66 bits per heavy atom. The second-order valence-corrected chi connectivity index (χ2v) is 11.8. The van der Waals surface area contributed by atoms with E-state index in [0.29, 0.717) is 16.0 Å². The number of anilines is 2. The van der Waals surface area contributed by atoms with Gasteiger partial charge in [-0.1, -0.05) is 56.4 Å². The van der Waals surface area contributed by atoms with Crippen molar-refractivity contribution in [1.82, 2.24) is 10.3 Å². The maximum atomic E-state index is 13.6. The van der Waals surface area contributed by atoms with E-state index in [4.69, 9.17) is 5.11 Å². The van der Waals surface area contributed by atoms with Crippen molar-refractivity contribution < 1.29 is 42.5 Å². The number of rotatable bonds is 9. The Bertz CT molecular complexity index is 1650. The summed E-state index contributed by atoms with van der Waals surface area (Å²) in [5.74, 6) is -2.46. The van der Waals surface area contributed by atoms with E-state index in [1.165, 1.54) is 29.2 Å². The Kier molecular flexibility index (Phi) is 9.44. The number of carbonyl (C=O) groups is 3. The van der Waals surface area contributed by atoms with Gasteiger partial charge in [-0.25, -0.2) is 14.6 Å². The van der Waals surface area contributed by atoms with Crippen molar-refractivity contribution in [2.45, 2.75) is 45.2 Å². The first-order chi connectivity index (χ1) is 20.6. The summed E-state index contributed by atoms with van der Waals surface area (Å²) >= 11 is 1.08. The molecule has 0 saturated heterocycles. The van der Waals surface area contributed by atoms with Crippen LogP contribution in [0.25, 0.3) is 10.2 Å². The van der Waals surface area contributed by atoms with Crippen LogP contribution in [0.5, 0.6) is 5.75 Å². The van der Waals surface area contributed by atoms with Crippen molar-refractivity contribution >= 4 is 50.3 Å². The van der Waals surface area contributed by atoms with Crippen molar-refractivity contribution in [1.29, 1.82) is 0 Å². The summed E-state index contributed by atoms with van der Waals surface area (Å²) in [5.41, 5.74) is 2.58. The van der Waals surface area contributed by atoms with Crippen molar-refractivity contribution in [3.8, 4) is 5.75 Å². The number of hydrogen-bond donors (Lipinski definition) is 4. The first kappa shape index (κ1) is 32.2. The van der Waals surface area contributed by atoms with Crippen LogP contribution in [0.2, 0.25) is 0 Å². The number of alkyl halides is 3. The van der Waals surface area contributed by atoms with Crippen molar-refractivity contribution in [2.24, 2.45) is 0 Å². The van der Waals surface area contributed by atoms with Crippen molar-refractivity contribution in [3.63, 3.8) is 0 Å². The Morgan fingerprint density at radius 1 is 1.00 bits per heavy atom. The highest BCUT2D eigenvalue weighted by Crippen LogP contribution is 2.32. The molecule has 4 N–H and O–H groups in total. The smallest absolute Gasteiger partial charge is 0.479 e. The van der Waals surface area contributed by atoms with Gasteiger partial charge in [-0.3, -0.25) is 15.0 Å². The van der Waals surface area contributed by atoms with E-state index in [2.05, 4.69) is 41.1 Å². The lowest BCUT2D eigenvalue weighted by Gasteiger charge is -2.25. The van der Waals surface area contributed by atoms with Gasteiger partial charge < -0.3 is 20.3 Å². The Morgan fingerprint density at radius 3 is 2.25 bits per heavy atom. The minimum Gasteiger partial charge on any atom is -0.479 e. The highest BCUT2D eigenvalue weighted by atomic mass is 32.1. The second kappa shape index (κ2) is 12.9. The van der Waals surface area contributed by atoms with E-state index in [0.717, 1.165) is 23.0 Å². The Hall–Kier alpha value is -4.69. The van der Waals surface area contributed by atoms with Crippen molar-refractivity contribution in [2.75, 3.05) is 16.8 Å². The van der Waals surface area contributed by atoms with Crippen LogP contribution in [0.15, 0.2) is 66.7 Å². The van der Waals surface area contributed by atoms with Gasteiger partial charge in [-0.05, 0) is 52.9 Å². The van der Waals surface area contributed by atoms with Crippen LogP contribution in [0.3, 0.4) is 0 Å². The van der Waals surface area contributed by atoms with E-state index in [-0.39, 0.29) is 28.2 Å². The number of fused-ring (bicyclic) bond motifs is 1. The quantitative estimate of drug-likeness (QED) is 0.180. The molecular formula is C30H29F3N4O6S. The molecule has 0 aliphatic heterocycles. The third kappa shape index (κ3) is 8.45. The molecular weight excluding hydrogens is 601 g/mol. The number of aromatic nitrogens is 1. The summed E-state index contributed by atoms with van der Waals surface area (Å²) in [6.07, 6.45) is -6.59. The van der Waals surface area contributed by atoms with Crippen LogP contribution in [-0.2, 0) is 16.8 Å². The number of urea groups is 1. The molecule has 1 atom stereocenters. The molecule has 14 heteroatoms. The van der Waals surface area contributed by atoms with Gasteiger partial charge in [0, 0.05) is 17.3 Å². The molecule has 3 aromatic carbocycles. The van der Waals surface area contributed by atoms with Gasteiger partial charge in [0.1, 0.15) is 5.75 Å². The molecule has 3 amide bonds. The number of aliphatic hydroxyl groups excluding tert-OH is 1. The van der Waals surface area contributed by atoms with E-state index >= 15 is 0 Å². The standard InChI is InChI=1S/C30H29F3N4O6S/c1-29(2,3)19-8-10-20(11-9-19)37(16-17-4-6-18(7-5-17)25(39)34-15-23(38)26(40)41)28(42)36-27-35-22-14-21(43-30(31,32)33)12-13-24(22)44-27/h4-14,23,38H,15-16H2,1-3H3,(H,34,39)(H,40,41)(H,35,36,42)/t23-/m1/s1. The second-order valence-electron chi connectivity index (χ2n) is 10.8. The summed E-state index contributed by atoms with van der Waals surface area (Å²) in [6, 6.07) is 16.9. The van der Waals surface area contributed by atoms with Crippen LogP contribution in [0.1, 0.15) is 42.3 Å². The van der Waals surface area contributed by atoms with Crippen LogP contribution in [-0.4, -0.2) is 52.1 Å². The summed E-state index contributed by atoms with van der Waals surface area (Å²) < 4.78 is 42.4. The highest BCUT2D eigenvalue weighted by molar-refractivity contribution is 7.22. The third-order valence-corrected chi connectivity index (χ3v) is 7.35. The number of hydrogen-bond acceptors (Lipinski definition) is 7. The average molecular weight is 631 g/mol. The molecule has 0 unspecified atom stereocenters. The molecule has 44 heavy (non-hydrogen) atoms. The fourth-order valence-electron chi connectivity index (χ4n) is 4.06. The van der Waals surface area contributed by atoms with Gasteiger partial charge in [0.15, 0.2) is 11.2 Å². The number of carboxylic acids is 1. The first-order valence-corrected chi connectivity index (χ1v) is 14.0. The summed E-state index contributed by atoms with van der Waals surface area (Å²) in [6.45, 7) is 5.80. The molecule has 0 aliphatic rings. The fraction of sp³-hybridized carbons (Fsp3) is 0.267. The number of aliphatic carboxylic acids is 1. The fourth-order valence-corrected chi connectivity index (χ4v) is 4.90. The maximum absolute atomic E-state index is 13.6. The monoisotopic (exact) mass is 630 g/mol.